The predicted octanol–water partition coefficient (Wildman–Crippen LogP) is 2.38. The summed E-state index contributed by atoms with van der Waals surface area (Å²) in [4.78, 5) is 2.72. The highest BCUT2D eigenvalue weighted by atomic mass is 15.2. The molecule has 2 rings (SSSR count). The second kappa shape index (κ2) is 5.31. The zero-order chi connectivity index (χ0) is 10.7. The van der Waals surface area contributed by atoms with Crippen LogP contribution in [0.3, 0.4) is 0 Å². The molecule has 3 atom stereocenters. The lowest BCUT2D eigenvalue weighted by Crippen LogP contribution is -2.43. The van der Waals surface area contributed by atoms with E-state index in [-0.39, 0.29) is 0 Å². The lowest BCUT2D eigenvalue weighted by atomic mass is 9.90. The molecule has 0 bridgehead atoms. The fraction of sp³-hybridized carbons (Fsp3) is 1.00. The van der Waals surface area contributed by atoms with Crippen LogP contribution in [0.15, 0.2) is 0 Å². The number of hydrogen-bond donors (Lipinski definition) is 1. The number of nitrogens with zero attached hydrogens (tertiary/aromatic N) is 1. The van der Waals surface area contributed by atoms with Gasteiger partial charge >= 0.3 is 0 Å². The van der Waals surface area contributed by atoms with E-state index >= 15 is 0 Å². The van der Waals surface area contributed by atoms with Crippen LogP contribution in [-0.4, -0.2) is 30.1 Å². The molecule has 1 aliphatic carbocycles. The summed E-state index contributed by atoms with van der Waals surface area (Å²) in [5, 5.41) is 0. The van der Waals surface area contributed by atoms with Crippen molar-refractivity contribution in [2.75, 3.05) is 13.1 Å². The monoisotopic (exact) mass is 210 g/mol. The van der Waals surface area contributed by atoms with Crippen molar-refractivity contribution in [2.24, 2.45) is 11.7 Å². The molecule has 1 aliphatic heterocycles. The Morgan fingerprint density at radius 1 is 1.00 bits per heavy atom. The zero-order valence-corrected chi connectivity index (χ0v) is 10.1. The molecule has 0 aromatic heterocycles. The van der Waals surface area contributed by atoms with Crippen molar-refractivity contribution in [3.05, 3.63) is 0 Å². The fourth-order valence-electron chi connectivity index (χ4n) is 3.18. The van der Waals surface area contributed by atoms with Crippen LogP contribution in [0, 0.1) is 5.92 Å². The Kier molecular flexibility index (Phi) is 4.04. The van der Waals surface area contributed by atoms with Crippen molar-refractivity contribution in [2.45, 2.75) is 64.0 Å². The summed E-state index contributed by atoms with van der Waals surface area (Å²) in [5.74, 6) is 0.937. The van der Waals surface area contributed by atoms with E-state index in [4.69, 9.17) is 5.73 Å². The van der Waals surface area contributed by atoms with Crippen molar-refractivity contribution in [3.63, 3.8) is 0 Å². The molecule has 88 valence electrons. The third-order valence-electron chi connectivity index (χ3n) is 4.25. The van der Waals surface area contributed by atoms with Crippen LogP contribution >= 0.6 is 0 Å². The van der Waals surface area contributed by atoms with Gasteiger partial charge in [-0.2, -0.15) is 0 Å². The van der Waals surface area contributed by atoms with Crippen LogP contribution in [0.2, 0.25) is 0 Å². The molecule has 0 aromatic rings. The second-order valence-electron chi connectivity index (χ2n) is 5.65. The van der Waals surface area contributed by atoms with E-state index in [1.54, 1.807) is 0 Å². The maximum Gasteiger partial charge on any atom is 0.0110 e. The molecule has 1 saturated carbocycles. The number of rotatable bonds is 1. The first-order valence-electron chi connectivity index (χ1n) is 6.75. The van der Waals surface area contributed by atoms with Crippen molar-refractivity contribution in [1.82, 2.24) is 4.90 Å². The third-order valence-corrected chi connectivity index (χ3v) is 4.25. The molecule has 0 radical (unpaired) electrons. The zero-order valence-electron chi connectivity index (χ0n) is 10.1. The van der Waals surface area contributed by atoms with Crippen molar-refractivity contribution in [1.29, 1.82) is 0 Å². The van der Waals surface area contributed by atoms with Crippen LogP contribution in [0.1, 0.15) is 51.9 Å². The predicted molar refractivity (Wildman–Crippen MR) is 64.8 cm³/mol. The molecule has 2 heteroatoms. The van der Waals surface area contributed by atoms with Gasteiger partial charge in [0.15, 0.2) is 0 Å². The Morgan fingerprint density at radius 3 is 2.67 bits per heavy atom. The summed E-state index contributed by atoms with van der Waals surface area (Å²) in [6.07, 6.45) is 9.45. The highest BCUT2D eigenvalue weighted by Crippen LogP contribution is 2.25. The minimum atomic E-state index is 0.476. The topological polar surface area (TPSA) is 29.3 Å². The summed E-state index contributed by atoms with van der Waals surface area (Å²) in [6.45, 7) is 5.04. The van der Waals surface area contributed by atoms with E-state index in [2.05, 4.69) is 11.8 Å². The highest BCUT2D eigenvalue weighted by molar-refractivity contribution is 4.83. The fourth-order valence-corrected chi connectivity index (χ4v) is 3.18. The van der Waals surface area contributed by atoms with Crippen LogP contribution in [0.4, 0.5) is 0 Å². The van der Waals surface area contributed by atoms with Gasteiger partial charge in [0.1, 0.15) is 0 Å². The quantitative estimate of drug-likeness (QED) is 0.720. The average Bonchev–Trinajstić information content (AvgIpc) is 2.43. The lowest BCUT2D eigenvalue weighted by molar-refractivity contribution is 0.151. The van der Waals surface area contributed by atoms with Gasteiger partial charge in [0.25, 0.3) is 0 Å². The van der Waals surface area contributed by atoms with Crippen LogP contribution in [0.5, 0.6) is 0 Å². The summed E-state index contributed by atoms with van der Waals surface area (Å²) < 4.78 is 0. The Morgan fingerprint density at radius 2 is 1.87 bits per heavy atom. The molecule has 0 spiro atoms. The van der Waals surface area contributed by atoms with Gasteiger partial charge in [0.05, 0.1) is 0 Å². The molecule has 15 heavy (non-hydrogen) atoms. The van der Waals surface area contributed by atoms with Gasteiger partial charge in [-0.15, -0.1) is 0 Å². The molecule has 3 unspecified atom stereocenters. The maximum atomic E-state index is 6.07. The van der Waals surface area contributed by atoms with E-state index in [1.165, 1.54) is 58.0 Å². The minimum absolute atomic E-state index is 0.476. The molecular formula is C13H26N2. The number of hydrogen-bond acceptors (Lipinski definition) is 2. The van der Waals surface area contributed by atoms with Crippen molar-refractivity contribution >= 4 is 0 Å². The van der Waals surface area contributed by atoms with Crippen LogP contribution < -0.4 is 5.73 Å². The van der Waals surface area contributed by atoms with Crippen molar-refractivity contribution in [3.8, 4) is 0 Å². The van der Waals surface area contributed by atoms with Gasteiger partial charge < -0.3 is 10.6 Å². The first kappa shape index (κ1) is 11.4. The summed E-state index contributed by atoms with van der Waals surface area (Å²) in [5.41, 5.74) is 6.07. The molecule has 1 heterocycles. The largest absolute Gasteiger partial charge is 0.328 e. The van der Waals surface area contributed by atoms with Crippen LogP contribution in [0.25, 0.3) is 0 Å². The summed E-state index contributed by atoms with van der Waals surface area (Å²) >= 11 is 0. The highest BCUT2D eigenvalue weighted by Gasteiger charge is 2.26. The minimum Gasteiger partial charge on any atom is -0.328 e. The normalized spacial score (nSPS) is 40.0. The van der Waals surface area contributed by atoms with E-state index in [0.29, 0.717) is 6.04 Å². The van der Waals surface area contributed by atoms with Gasteiger partial charge in [-0.25, -0.2) is 0 Å². The lowest BCUT2D eigenvalue weighted by Gasteiger charge is -2.35. The summed E-state index contributed by atoms with van der Waals surface area (Å²) in [7, 11) is 0. The molecule has 2 fully saturated rings. The van der Waals surface area contributed by atoms with Gasteiger partial charge in [-0.05, 0) is 57.5 Å². The molecule has 2 nitrogen and oxygen atoms in total. The van der Waals surface area contributed by atoms with Crippen LogP contribution in [-0.2, 0) is 0 Å². The molecule has 2 N–H and O–H groups in total. The van der Waals surface area contributed by atoms with Crippen molar-refractivity contribution < 1.29 is 0 Å². The Bertz CT molecular complexity index is 193. The Balaban J connectivity index is 1.85. The van der Waals surface area contributed by atoms with E-state index in [9.17, 15) is 0 Å². The Labute approximate surface area is 94.2 Å². The van der Waals surface area contributed by atoms with Gasteiger partial charge in [-0.1, -0.05) is 13.3 Å². The molecule has 0 amide bonds. The Hall–Kier alpha value is -0.0800. The second-order valence-corrected chi connectivity index (χ2v) is 5.65. The number of likely N-dealkylation sites (tertiary alicyclic amines) is 1. The summed E-state index contributed by atoms with van der Waals surface area (Å²) in [6, 6.07) is 1.28. The average molecular weight is 210 g/mol. The smallest absolute Gasteiger partial charge is 0.0110 e. The SMILES string of the molecule is CC1CCCN(C2CCCC(N)C2)CC1. The molecule has 0 aromatic carbocycles. The molecule has 2 aliphatic rings. The van der Waals surface area contributed by atoms with Gasteiger partial charge in [0.2, 0.25) is 0 Å². The molecule has 1 saturated heterocycles. The van der Waals surface area contributed by atoms with E-state index in [0.717, 1.165) is 12.0 Å². The standard InChI is InChI=1S/C13H26N2/c1-11-4-3-8-15(9-7-11)13-6-2-5-12(14)10-13/h11-13H,2-10,14H2,1H3. The van der Waals surface area contributed by atoms with Gasteiger partial charge in [-0.3, -0.25) is 0 Å². The van der Waals surface area contributed by atoms with E-state index in [1.807, 2.05) is 0 Å². The first-order valence-corrected chi connectivity index (χ1v) is 6.75. The molecular weight excluding hydrogens is 184 g/mol. The number of nitrogens with two attached hydrogens (primary N) is 1. The van der Waals surface area contributed by atoms with E-state index < -0.39 is 0 Å². The van der Waals surface area contributed by atoms with Gasteiger partial charge in [0, 0.05) is 12.1 Å². The first-order chi connectivity index (χ1) is 7.25. The third kappa shape index (κ3) is 3.18. The maximum absolute atomic E-state index is 6.07.